The van der Waals surface area contributed by atoms with E-state index in [4.69, 9.17) is 5.73 Å². The van der Waals surface area contributed by atoms with Crippen molar-refractivity contribution in [2.75, 3.05) is 5.73 Å². The Morgan fingerprint density at radius 3 is 2.67 bits per heavy atom. The highest BCUT2D eigenvalue weighted by atomic mass is 15.2. The molecular formula is C14H20N4. The predicted molar refractivity (Wildman–Crippen MR) is 74.1 cm³/mol. The Kier molecular flexibility index (Phi) is 4.34. The molecule has 0 radical (unpaired) electrons. The minimum absolute atomic E-state index is 0.576. The lowest BCUT2D eigenvalue weighted by molar-refractivity contribution is 0.660. The lowest BCUT2D eigenvalue weighted by Crippen LogP contribution is -1.92. The van der Waals surface area contributed by atoms with Crippen LogP contribution in [0.4, 0.5) is 5.82 Å². The third-order valence-electron chi connectivity index (χ3n) is 3.12. The fourth-order valence-electron chi connectivity index (χ4n) is 2.14. The smallest absolute Gasteiger partial charge is 0.153 e. The summed E-state index contributed by atoms with van der Waals surface area (Å²) < 4.78 is 0. The molecule has 4 heteroatoms. The van der Waals surface area contributed by atoms with E-state index in [9.17, 15) is 0 Å². The number of hydrogen-bond donors (Lipinski definition) is 2. The molecule has 0 unspecified atom stereocenters. The van der Waals surface area contributed by atoms with Crippen molar-refractivity contribution in [2.24, 2.45) is 0 Å². The third-order valence-corrected chi connectivity index (χ3v) is 3.12. The number of nitrogen functional groups attached to an aromatic ring is 1. The molecule has 96 valence electrons. The zero-order chi connectivity index (χ0) is 12.8. The number of hydrogen-bond acceptors (Lipinski definition) is 3. The summed E-state index contributed by atoms with van der Waals surface area (Å²) in [4.78, 5) is 4.03. The van der Waals surface area contributed by atoms with Crippen LogP contribution in [0.3, 0.4) is 0 Å². The number of pyridine rings is 1. The van der Waals surface area contributed by atoms with Gasteiger partial charge in [0.05, 0.1) is 0 Å². The molecule has 0 spiro atoms. The van der Waals surface area contributed by atoms with Gasteiger partial charge >= 0.3 is 0 Å². The van der Waals surface area contributed by atoms with Gasteiger partial charge in [0.25, 0.3) is 0 Å². The molecule has 0 amide bonds. The molecule has 2 rings (SSSR count). The first kappa shape index (κ1) is 12.6. The molecular weight excluding hydrogens is 224 g/mol. The molecule has 0 saturated heterocycles. The van der Waals surface area contributed by atoms with E-state index < -0.39 is 0 Å². The summed E-state index contributed by atoms with van der Waals surface area (Å²) in [7, 11) is 0. The summed E-state index contributed by atoms with van der Waals surface area (Å²) in [6.45, 7) is 2.22. The Morgan fingerprint density at radius 2 is 1.94 bits per heavy atom. The molecule has 2 aromatic heterocycles. The van der Waals surface area contributed by atoms with Crippen LogP contribution < -0.4 is 5.73 Å². The summed E-state index contributed by atoms with van der Waals surface area (Å²) >= 11 is 0. The standard InChI is InChI=1S/C14H20N4/c1-2-3-4-5-6-12-13(14(15)18-17-12)11-7-9-16-10-8-11/h7-10H,2-6H2,1H3,(H3,15,17,18). The summed E-state index contributed by atoms with van der Waals surface area (Å²) in [5.74, 6) is 0.576. The number of nitrogens with zero attached hydrogens (tertiary/aromatic N) is 2. The Morgan fingerprint density at radius 1 is 1.17 bits per heavy atom. The Hall–Kier alpha value is -1.84. The van der Waals surface area contributed by atoms with Gasteiger partial charge in [0.2, 0.25) is 0 Å². The quantitative estimate of drug-likeness (QED) is 0.767. The van der Waals surface area contributed by atoms with Crippen molar-refractivity contribution in [3.05, 3.63) is 30.2 Å². The van der Waals surface area contributed by atoms with Crippen molar-refractivity contribution in [1.82, 2.24) is 15.2 Å². The molecule has 0 atom stereocenters. The van der Waals surface area contributed by atoms with Crippen LogP contribution in [-0.2, 0) is 6.42 Å². The monoisotopic (exact) mass is 244 g/mol. The number of aromatic amines is 1. The predicted octanol–water partition coefficient (Wildman–Crippen LogP) is 3.18. The van der Waals surface area contributed by atoms with Gasteiger partial charge in [0, 0.05) is 23.7 Å². The van der Waals surface area contributed by atoms with Crippen LogP contribution in [0.5, 0.6) is 0 Å². The molecule has 0 aliphatic rings. The molecule has 0 aromatic carbocycles. The van der Waals surface area contributed by atoms with Crippen molar-refractivity contribution >= 4 is 5.82 Å². The van der Waals surface area contributed by atoms with Crippen LogP contribution in [0.25, 0.3) is 11.1 Å². The maximum absolute atomic E-state index is 5.94. The van der Waals surface area contributed by atoms with Gasteiger partial charge in [-0.2, -0.15) is 5.10 Å². The van der Waals surface area contributed by atoms with Crippen molar-refractivity contribution in [3.63, 3.8) is 0 Å². The lowest BCUT2D eigenvalue weighted by atomic mass is 10.0. The second-order valence-corrected chi connectivity index (χ2v) is 4.51. The normalized spacial score (nSPS) is 10.7. The molecule has 0 saturated carbocycles. The molecule has 0 fully saturated rings. The number of unbranched alkanes of at least 4 members (excludes halogenated alkanes) is 3. The average molecular weight is 244 g/mol. The number of aryl methyl sites for hydroxylation is 1. The average Bonchev–Trinajstić information content (AvgIpc) is 2.77. The van der Waals surface area contributed by atoms with Crippen LogP contribution in [0.2, 0.25) is 0 Å². The van der Waals surface area contributed by atoms with Crippen molar-refractivity contribution in [2.45, 2.75) is 39.0 Å². The van der Waals surface area contributed by atoms with E-state index in [1.54, 1.807) is 12.4 Å². The van der Waals surface area contributed by atoms with E-state index in [2.05, 4.69) is 22.1 Å². The first-order valence-corrected chi connectivity index (χ1v) is 6.56. The molecule has 2 heterocycles. The fraction of sp³-hybridized carbons (Fsp3) is 0.429. The molecule has 2 aromatic rings. The summed E-state index contributed by atoms with van der Waals surface area (Å²) in [5.41, 5.74) is 9.20. The van der Waals surface area contributed by atoms with Gasteiger partial charge < -0.3 is 5.73 Å². The van der Waals surface area contributed by atoms with Crippen molar-refractivity contribution < 1.29 is 0 Å². The topological polar surface area (TPSA) is 67.6 Å². The maximum atomic E-state index is 5.94. The SMILES string of the molecule is CCCCCCc1[nH]nc(N)c1-c1ccncc1. The van der Waals surface area contributed by atoms with Gasteiger partial charge in [0.15, 0.2) is 5.82 Å². The lowest BCUT2D eigenvalue weighted by Gasteiger charge is -2.04. The molecule has 18 heavy (non-hydrogen) atoms. The minimum Gasteiger partial charge on any atom is -0.382 e. The van der Waals surface area contributed by atoms with Crippen LogP contribution in [0.1, 0.15) is 38.3 Å². The second-order valence-electron chi connectivity index (χ2n) is 4.51. The number of nitrogens with two attached hydrogens (primary N) is 1. The van der Waals surface area contributed by atoms with Gasteiger partial charge in [-0.3, -0.25) is 10.1 Å². The van der Waals surface area contributed by atoms with E-state index in [1.165, 1.54) is 25.7 Å². The van der Waals surface area contributed by atoms with E-state index in [-0.39, 0.29) is 0 Å². The highest BCUT2D eigenvalue weighted by molar-refractivity contribution is 5.75. The van der Waals surface area contributed by atoms with Crippen molar-refractivity contribution in [1.29, 1.82) is 0 Å². The van der Waals surface area contributed by atoms with Crippen LogP contribution in [0.15, 0.2) is 24.5 Å². The highest BCUT2D eigenvalue weighted by Gasteiger charge is 2.12. The molecule has 3 N–H and O–H groups in total. The van der Waals surface area contributed by atoms with Crippen LogP contribution in [-0.4, -0.2) is 15.2 Å². The molecule has 4 nitrogen and oxygen atoms in total. The van der Waals surface area contributed by atoms with E-state index in [0.29, 0.717) is 5.82 Å². The molecule has 0 bridgehead atoms. The number of aromatic nitrogens is 3. The van der Waals surface area contributed by atoms with Gasteiger partial charge in [-0.25, -0.2) is 0 Å². The van der Waals surface area contributed by atoms with Crippen LogP contribution >= 0.6 is 0 Å². The van der Waals surface area contributed by atoms with Gasteiger partial charge in [-0.1, -0.05) is 26.2 Å². The molecule has 0 aliphatic heterocycles. The Bertz CT molecular complexity index is 476. The Balaban J connectivity index is 2.12. The number of anilines is 1. The van der Waals surface area contributed by atoms with E-state index >= 15 is 0 Å². The van der Waals surface area contributed by atoms with E-state index in [1.807, 2.05) is 12.1 Å². The summed E-state index contributed by atoms with van der Waals surface area (Å²) in [6, 6.07) is 3.94. The first-order valence-electron chi connectivity index (χ1n) is 6.56. The molecule has 0 aliphatic carbocycles. The summed E-state index contributed by atoms with van der Waals surface area (Å²) in [6.07, 6.45) is 9.53. The van der Waals surface area contributed by atoms with Crippen LogP contribution in [0, 0.1) is 0 Å². The Labute approximate surface area is 108 Å². The van der Waals surface area contributed by atoms with Gasteiger partial charge in [-0.15, -0.1) is 0 Å². The fourth-order valence-corrected chi connectivity index (χ4v) is 2.14. The zero-order valence-corrected chi connectivity index (χ0v) is 10.8. The second kappa shape index (κ2) is 6.19. The zero-order valence-electron chi connectivity index (χ0n) is 10.8. The van der Waals surface area contributed by atoms with E-state index in [0.717, 1.165) is 23.2 Å². The largest absolute Gasteiger partial charge is 0.382 e. The third kappa shape index (κ3) is 2.88. The highest BCUT2D eigenvalue weighted by Crippen LogP contribution is 2.28. The number of nitrogens with one attached hydrogen (secondary N) is 1. The maximum Gasteiger partial charge on any atom is 0.153 e. The minimum atomic E-state index is 0.576. The van der Waals surface area contributed by atoms with Crippen molar-refractivity contribution in [3.8, 4) is 11.1 Å². The first-order chi connectivity index (χ1) is 8.83. The number of rotatable bonds is 6. The number of H-pyrrole nitrogens is 1. The summed E-state index contributed by atoms with van der Waals surface area (Å²) in [5, 5.41) is 7.18. The van der Waals surface area contributed by atoms with Gasteiger partial charge in [-0.05, 0) is 30.5 Å². The van der Waals surface area contributed by atoms with Gasteiger partial charge in [0.1, 0.15) is 0 Å².